The highest BCUT2D eigenvalue weighted by molar-refractivity contribution is 7.92. The number of sulfonamides is 1. The van der Waals surface area contributed by atoms with Crippen LogP contribution in [-0.2, 0) is 14.8 Å². The summed E-state index contributed by atoms with van der Waals surface area (Å²) >= 11 is 0. The number of aromatic amines is 1. The van der Waals surface area contributed by atoms with E-state index in [0.29, 0.717) is 5.75 Å². The molecule has 0 amide bonds. The molecule has 0 aliphatic rings. The second kappa shape index (κ2) is 7.21. The van der Waals surface area contributed by atoms with Gasteiger partial charge in [-0.05, 0) is 19.1 Å². The summed E-state index contributed by atoms with van der Waals surface area (Å²) in [5, 5.41) is 6.09. The normalized spacial score (nSPS) is 11.0. The van der Waals surface area contributed by atoms with Crippen molar-refractivity contribution in [3.05, 3.63) is 30.0 Å². The molecule has 10 heteroatoms. The van der Waals surface area contributed by atoms with Gasteiger partial charge in [-0.3, -0.25) is 9.82 Å². The number of H-pyrrole nitrogens is 1. The quantitative estimate of drug-likeness (QED) is 0.720. The van der Waals surface area contributed by atoms with Gasteiger partial charge in [0.2, 0.25) is 0 Å². The van der Waals surface area contributed by atoms with Gasteiger partial charge in [-0.1, -0.05) is 0 Å². The molecule has 0 aliphatic carbocycles. The third-order valence-corrected chi connectivity index (χ3v) is 4.38. The second-order valence-electron chi connectivity index (χ2n) is 4.50. The van der Waals surface area contributed by atoms with Crippen molar-refractivity contribution < 1.29 is 27.4 Å². The Morgan fingerprint density at radius 1 is 1.25 bits per heavy atom. The molecule has 0 radical (unpaired) electrons. The van der Waals surface area contributed by atoms with Crippen molar-refractivity contribution in [2.75, 3.05) is 25.5 Å². The van der Waals surface area contributed by atoms with Crippen LogP contribution in [-0.4, -0.2) is 45.4 Å². The monoisotopic (exact) mass is 355 g/mol. The summed E-state index contributed by atoms with van der Waals surface area (Å²) in [6.45, 7) is 1.80. The van der Waals surface area contributed by atoms with Crippen LogP contribution in [0.1, 0.15) is 17.3 Å². The van der Waals surface area contributed by atoms with Gasteiger partial charge in [0.25, 0.3) is 10.0 Å². The predicted octanol–water partition coefficient (Wildman–Crippen LogP) is 1.40. The zero-order chi connectivity index (χ0) is 17.7. The lowest BCUT2D eigenvalue weighted by molar-refractivity contribution is 0.0527. The molecular formula is C14H17N3O6S. The van der Waals surface area contributed by atoms with E-state index in [1.54, 1.807) is 6.92 Å². The van der Waals surface area contributed by atoms with E-state index in [4.69, 9.17) is 14.2 Å². The van der Waals surface area contributed by atoms with Crippen molar-refractivity contribution in [1.29, 1.82) is 0 Å². The fraction of sp³-hybridized carbons (Fsp3) is 0.286. The Kier molecular flexibility index (Phi) is 5.29. The molecule has 0 atom stereocenters. The molecule has 0 unspecified atom stereocenters. The first kappa shape index (κ1) is 17.6. The first-order valence-electron chi connectivity index (χ1n) is 6.88. The molecule has 0 spiro atoms. The Morgan fingerprint density at radius 3 is 2.58 bits per heavy atom. The summed E-state index contributed by atoms with van der Waals surface area (Å²) in [4.78, 5) is 11.7. The highest BCUT2D eigenvalue weighted by Gasteiger charge is 2.22. The van der Waals surface area contributed by atoms with E-state index in [1.807, 2.05) is 0 Å². The third-order valence-electron chi connectivity index (χ3n) is 3.04. The highest BCUT2D eigenvalue weighted by atomic mass is 32.2. The number of carbonyl (C=O) groups excluding carboxylic acids is 1. The molecule has 0 saturated heterocycles. The predicted molar refractivity (Wildman–Crippen MR) is 84.9 cm³/mol. The van der Waals surface area contributed by atoms with E-state index in [0.717, 1.165) is 0 Å². The number of esters is 1. The van der Waals surface area contributed by atoms with Crippen molar-refractivity contribution in [2.24, 2.45) is 0 Å². The molecule has 1 heterocycles. The van der Waals surface area contributed by atoms with Crippen molar-refractivity contribution in [2.45, 2.75) is 11.8 Å². The first-order valence-corrected chi connectivity index (χ1v) is 8.36. The van der Waals surface area contributed by atoms with Gasteiger partial charge < -0.3 is 14.2 Å². The number of benzene rings is 1. The van der Waals surface area contributed by atoms with Crippen molar-refractivity contribution >= 4 is 21.8 Å². The lowest BCUT2D eigenvalue weighted by atomic mass is 10.3. The number of hydrogen-bond donors (Lipinski definition) is 2. The maximum absolute atomic E-state index is 12.5. The van der Waals surface area contributed by atoms with Crippen molar-refractivity contribution in [3.63, 3.8) is 0 Å². The molecule has 2 rings (SSSR count). The van der Waals surface area contributed by atoms with E-state index in [-0.39, 0.29) is 28.6 Å². The fourth-order valence-electron chi connectivity index (χ4n) is 1.90. The number of methoxy groups -OCH3 is 2. The largest absolute Gasteiger partial charge is 0.493 e. The van der Waals surface area contributed by atoms with E-state index in [1.165, 1.54) is 38.6 Å². The number of carbonyl (C=O) groups is 1. The average Bonchev–Trinajstić information content (AvgIpc) is 3.01. The van der Waals surface area contributed by atoms with Gasteiger partial charge in [-0.15, -0.1) is 0 Å². The van der Waals surface area contributed by atoms with Crippen LogP contribution >= 0.6 is 0 Å². The zero-order valence-corrected chi connectivity index (χ0v) is 14.1. The van der Waals surface area contributed by atoms with E-state index in [9.17, 15) is 13.2 Å². The SMILES string of the molecule is CCOC(=O)c1cn[nH]c1NS(=O)(=O)c1ccc(OC)c(OC)c1. The Bertz CT molecular complexity index is 831. The van der Waals surface area contributed by atoms with E-state index in [2.05, 4.69) is 14.9 Å². The van der Waals surface area contributed by atoms with Crippen molar-refractivity contribution in [3.8, 4) is 11.5 Å². The molecule has 0 saturated carbocycles. The van der Waals surface area contributed by atoms with Crippen LogP contribution in [0.5, 0.6) is 11.5 Å². The highest BCUT2D eigenvalue weighted by Crippen LogP contribution is 2.30. The number of rotatable bonds is 7. The van der Waals surface area contributed by atoms with E-state index < -0.39 is 16.0 Å². The summed E-state index contributed by atoms with van der Waals surface area (Å²) < 4.78 is 42.3. The Balaban J connectivity index is 2.33. The van der Waals surface area contributed by atoms with Crippen molar-refractivity contribution in [1.82, 2.24) is 10.2 Å². The van der Waals surface area contributed by atoms with Crippen LogP contribution in [0, 0.1) is 0 Å². The van der Waals surface area contributed by atoms with Crippen LogP contribution in [0.15, 0.2) is 29.3 Å². The maximum atomic E-state index is 12.5. The standard InChI is InChI=1S/C14H17N3O6S/c1-4-23-14(18)10-8-15-16-13(10)17-24(19,20)9-5-6-11(21-2)12(7-9)22-3/h5-8H,4H2,1-3H3,(H2,15,16,17). The maximum Gasteiger partial charge on any atom is 0.343 e. The summed E-state index contributed by atoms with van der Waals surface area (Å²) in [7, 11) is -1.13. The molecule has 1 aromatic carbocycles. The molecule has 0 bridgehead atoms. The Hall–Kier alpha value is -2.75. The molecular weight excluding hydrogens is 338 g/mol. The molecule has 130 valence electrons. The van der Waals surface area contributed by atoms with Crippen LogP contribution < -0.4 is 14.2 Å². The molecule has 2 aromatic rings. The Labute approximate surface area is 139 Å². The number of anilines is 1. The van der Waals surface area contributed by atoms with Gasteiger partial charge in [0.15, 0.2) is 11.5 Å². The van der Waals surface area contributed by atoms with E-state index >= 15 is 0 Å². The number of nitrogens with one attached hydrogen (secondary N) is 2. The van der Waals surface area contributed by atoms with Gasteiger partial charge in [-0.25, -0.2) is 13.2 Å². The van der Waals surface area contributed by atoms with Crippen LogP contribution in [0.25, 0.3) is 0 Å². The molecule has 0 fully saturated rings. The minimum atomic E-state index is -3.98. The van der Waals surface area contributed by atoms with Gasteiger partial charge in [0.05, 0.1) is 31.9 Å². The molecule has 9 nitrogen and oxygen atoms in total. The topological polar surface area (TPSA) is 120 Å². The number of hydrogen-bond acceptors (Lipinski definition) is 7. The van der Waals surface area contributed by atoms with Crippen LogP contribution in [0.4, 0.5) is 5.82 Å². The third kappa shape index (κ3) is 3.59. The first-order chi connectivity index (χ1) is 11.4. The average molecular weight is 355 g/mol. The summed E-state index contributed by atoms with van der Waals surface area (Å²) in [6, 6.07) is 4.12. The minimum absolute atomic E-state index is 0.0131. The Morgan fingerprint density at radius 2 is 1.96 bits per heavy atom. The summed E-state index contributed by atoms with van der Waals surface area (Å²) in [5.41, 5.74) is -0.0131. The lowest BCUT2D eigenvalue weighted by Crippen LogP contribution is -2.16. The number of ether oxygens (including phenoxy) is 3. The number of aromatic nitrogens is 2. The molecule has 24 heavy (non-hydrogen) atoms. The zero-order valence-electron chi connectivity index (χ0n) is 13.3. The fourth-order valence-corrected chi connectivity index (χ4v) is 2.96. The smallest absolute Gasteiger partial charge is 0.343 e. The second-order valence-corrected chi connectivity index (χ2v) is 6.18. The minimum Gasteiger partial charge on any atom is -0.493 e. The van der Waals surface area contributed by atoms with Gasteiger partial charge in [0.1, 0.15) is 11.4 Å². The number of nitrogens with zero attached hydrogens (tertiary/aromatic N) is 1. The van der Waals surface area contributed by atoms with Crippen LogP contribution in [0.3, 0.4) is 0 Å². The molecule has 0 aliphatic heterocycles. The van der Waals surface area contributed by atoms with Gasteiger partial charge in [-0.2, -0.15) is 5.10 Å². The molecule has 1 aromatic heterocycles. The lowest BCUT2D eigenvalue weighted by Gasteiger charge is -2.11. The molecule has 2 N–H and O–H groups in total. The summed E-state index contributed by atoms with van der Waals surface area (Å²) in [5.74, 6) is -0.111. The van der Waals surface area contributed by atoms with Gasteiger partial charge >= 0.3 is 5.97 Å². The summed E-state index contributed by atoms with van der Waals surface area (Å²) in [6.07, 6.45) is 1.18. The van der Waals surface area contributed by atoms with Crippen LogP contribution in [0.2, 0.25) is 0 Å². The van der Waals surface area contributed by atoms with Gasteiger partial charge in [0, 0.05) is 6.07 Å².